The predicted molar refractivity (Wildman–Crippen MR) is 81.1 cm³/mol. The van der Waals surface area contributed by atoms with Gasteiger partial charge in [0.05, 0.1) is 31.3 Å². The van der Waals surface area contributed by atoms with Gasteiger partial charge in [-0.15, -0.1) is 0 Å². The number of nitrogens with one attached hydrogen (secondary N) is 1. The number of hydrogen-bond acceptors (Lipinski definition) is 5. The molecule has 1 saturated heterocycles. The van der Waals surface area contributed by atoms with Crippen LogP contribution in [0.5, 0.6) is 0 Å². The lowest BCUT2D eigenvalue weighted by atomic mass is 10.2. The van der Waals surface area contributed by atoms with Gasteiger partial charge in [-0.1, -0.05) is 0 Å². The van der Waals surface area contributed by atoms with Gasteiger partial charge in [0.25, 0.3) is 0 Å². The molecule has 4 rings (SSSR count). The van der Waals surface area contributed by atoms with E-state index in [0.29, 0.717) is 0 Å². The summed E-state index contributed by atoms with van der Waals surface area (Å²) in [6.07, 6.45) is 5.69. The molecule has 1 N–H and O–H groups in total. The molecule has 0 aliphatic carbocycles. The van der Waals surface area contributed by atoms with Crippen LogP contribution in [0.4, 0.5) is 0 Å². The summed E-state index contributed by atoms with van der Waals surface area (Å²) in [6, 6.07) is 5.85. The standard InChI is InChI=1S/C15H18N6O/c1-3-13-15(16-4-1)19-14(18-13)11-20-7-8-22-12(9-20)10-21-6-2-5-17-21/h1-6,12H,7-11H2,(H,16,18,19). The highest BCUT2D eigenvalue weighted by Gasteiger charge is 2.22. The molecule has 4 heterocycles. The van der Waals surface area contributed by atoms with E-state index < -0.39 is 0 Å². The zero-order chi connectivity index (χ0) is 14.8. The molecule has 0 aromatic carbocycles. The Balaban J connectivity index is 1.41. The highest BCUT2D eigenvalue weighted by molar-refractivity contribution is 5.69. The van der Waals surface area contributed by atoms with Crippen molar-refractivity contribution in [1.82, 2.24) is 29.6 Å². The van der Waals surface area contributed by atoms with Crippen LogP contribution in [-0.2, 0) is 17.8 Å². The van der Waals surface area contributed by atoms with Crippen molar-refractivity contribution in [3.8, 4) is 0 Å². The molecular weight excluding hydrogens is 280 g/mol. The van der Waals surface area contributed by atoms with Gasteiger partial charge in [-0.2, -0.15) is 5.10 Å². The van der Waals surface area contributed by atoms with Crippen LogP contribution in [0.2, 0.25) is 0 Å². The first-order valence-corrected chi connectivity index (χ1v) is 7.48. The number of nitrogens with zero attached hydrogens (tertiary/aromatic N) is 5. The van der Waals surface area contributed by atoms with Crippen LogP contribution in [0.3, 0.4) is 0 Å². The summed E-state index contributed by atoms with van der Waals surface area (Å²) in [4.78, 5) is 14.5. The van der Waals surface area contributed by atoms with Crippen LogP contribution in [-0.4, -0.2) is 55.4 Å². The Morgan fingerprint density at radius 1 is 1.32 bits per heavy atom. The normalized spacial score (nSPS) is 19.7. The quantitative estimate of drug-likeness (QED) is 0.779. The summed E-state index contributed by atoms with van der Waals surface area (Å²) in [5, 5.41) is 4.24. The number of fused-ring (bicyclic) bond motifs is 1. The van der Waals surface area contributed by atoms with Gasteiger partial charge in [-0.25, -0.2) is 9.97 Å². The fourth-order valence-electron chi connectivity index (χ4n) is 2.83. The summed E-state index contributed by atoms with van der Waals surface area (Å²) >= 11 is 0. The first-order chi connectivity index (χ1) is 10.9. The molecule has 1 fully saturated rings. The van der Waals surface area contributed by atoms with Crippen molar-refractivity contribution in [2.45, 2.75) is 19.2 Å². The Hall–Kier alpha value is -2.25. The number of imidazole rings is 1. The molecule has 0 amide bonds. The zero-order valence-electron chi connectivity index (χ0n) is 12.2. The van der Waals surface area contributed by atoms with Gasteiger partial charge in [0, 0.05) is 31.7 Å². The Morgan fingerprint density at radius 2 is 2.32 bits per heavy atom. The van der Waals surface area contributed by atoms with Gasteiger partial charge in [0.1, 0.15) is 5.82 Å². The molecular formula is C15H18N6O. The van der Waals surface area contributed by atoms with E-state index in [9.17, 15) is 0 Å². The molecule has 114 valence electrons. The Labute approximate surface area is 127 Å². The van der Waals surface area contributed by atoms with E-state index in [1.807, 2.05) is 29.1 Å². The maximum atomic E-state index is 5.83. The third kappa shape index (κ3) is 2.86. The highest BCUT2D eigenvalue weighted by Crippen LogP contribution is 2.13. The van der Waals surface area contributed by atoms with E-state index in [2.05, 4.69) is 25.0 Å². The van der Waals surface area contributed by atoms with Gasteiger partial charge in [-0.05, 0) is 18.2 Å². The minimum absolute atomic E-state index is 0.163. The summed E-state index contributed by atoms with van der Waals surface area (Å²) in [5.74, 6) is 0.952. The molecule has 7 heteroatoms. The lowest BCUT2D eigenvalue weighted by molar-refractivity contribution is -0.0408. The Morgan fingerprint density at radius 3 is 3.18 bits per heavy atom. The number of aromatic amines is 1. The number of morpholine rings is 1. The van der Waals surface area contributed by atoms with E-state index in [1.165, 1.54) is 0 Å². The Kier molecular flexibility index (Phi) is 3.57. The molecule has 1 unspecified atom stereocenters. The predicted octanol–water partition coefficient (Wildman–Crippen LogP) is 1.06. The first-order valence-electron chi connectivity index (χ1n) is 7.48. The summed E-state index contributed by atoms with van der Waals surface area (Å²) in [7, 11) is 0. The molecule has 1 aliphatic heterocycles. The van der Waals surface area contributed by atoms with Crippen molar-refractivity contribution in [1.29, 1.82) is 0 Å². The van der Waals surface area contributed by atoms with Crippen molar-refractivity contribution in [3.63, 3.8) is 0 Å². The average molecular weight is 298 g/mol. The van der Waals surface area contributed by atoms with Crippen LogP contribution >= 0.6 is 0 Å². The van der Waals surface area contributed by atoms with Crippen LogP contribution in [0.15, 0.2) is 36.8 Å². The van der Waals surface area contributed by atoms with E-state index in [4.69, 9.17) is 4.74 Å². The van der Waals surface area contributed by atoms with Crippen LogP contribution in [0.1, 0.15) is 5.82 Å². The average Bonchev–Trinajstić information content (AvgIpc) is 3.16. The molecule has 1 aliphatic rings. The number of pyridine rings is 1. The van der Waals surface area contributed by atoms with E-state index in [1.54, 1.807) is 12.4 Å². The molecule has 1 atom stereocenters. The number of rotatable bonds is 4. The van der Waals surface area contributed by atoms with Crippen molar-refractivity contribution in [2.24, 2.45) is 0 Å². The molecule has 3 aromatic rings. The fourth-order valence-corrected chi connectivity index (χ4v) is 2.83. The summed E-state index contributed by atoms with van der Waals surface area (Å²) < 4.78 is 7.75. The van der Waals surface area contributed by atoms with E-state index in [0.717, 1.165) is 49.8 Å². The summed E-state index contributed by atoms with van der Waals surface area (Å²) in [6.45, 7) is 4.11. The third-order valence-electron chi connectivity index (χ3n) is 3.85. The second kappa shape index (κ2) is 5.86. The minimum Gasteiger partial charge on any atom is -0.374 e. The minimum atomic E-state index is 0.163. The topological polar surface area (TPSA) is 71.9 Å². The maximum Gasteiger partial charge on any atom is 0.177 e. The van der Waals surface area contributed by atoms with Crippen LogP contribution in [0.25, 0.3) is 11.2 Å². The lowest BCUT2D eigenvalue weighted by Crippen LogP contribution is -2.43. The van der Waals surface area contributed by atoms with Crippen molar-refractivity contribution < 1.29 is 4.74 Å². The molecule has 0 spiro atoms. The SMILES string of the molecule is c1cnc2nc(CN3CCOC(Cn4cccn4)C3)[nH]c2c1. The smallest absolute Gasteiger partial charge is 0.177 e. The molecule has 0 bridgehead atoms. The maximum absolute atomic E-state index is 5.83. The number of ether oxygens (including phenoxy) is 1. The molecule has 22 heavy (non-hydrogen) atoms. The van der Waals surface area contributed by atoms with Crippen molar-refractivity contribution in [3.05, 3.63) is 42.6 Å². The van der Waals surface area contributed by atoms with E-state index in [-0.39, 0.29) is 6.10 Å². The summed E-state index contributed by atoms with van der Waals surface area (Å²) in [5.41, 5.74) is 1.76. The van der Waals surface area contributed by atoms with Gasteiger partial charge >= 0.3 is 0 Å². The van der Waals surface area contributed by atoms with Crippen LogP contribution in [0, 0.1) is 0 Å². The van der Waals surface area contributed by atoms with Crippen molar-refractivity contribution in [2.75, 3.05) is 19.7 Å². The Bertz CT molecular complexity index is 704. The van der Waals surface area contributed by atoms with Gasteiger partial charge in [0.2, 0.25) is 0 Å². The third-order valence-corrected chi connectivity index (χ3v) is 3.85. The highest BCUT2D eigenvalue weighted by atomic mass is 16.5. The number of hydrogen-bond donors (Lipinski definition) is 1. The number of aromatic nitrogens is 5. The number of H-pyrrole nitrogens is 1. The molecule has 7 nitrogen and oxygen atoms in total. The van der Waals surface area contributed by atoms with Crippen molar-refractivity contribution >= 4 is 11.2 Å². The molecule has 0 saturated carbocycles. The van der Waals surface area contributed by atoms with E-state index >= 15 is 0 Å². The largest absolute Gasteiger partial charge is 0.374 e. The molecule has 0 radical (unpaired) electrons. The molecule has 3 aromatic heterocycles. The van der Waals surface area contributed by atoms with Gasteiger partial charge in [-0.3, -0.25) is 9.58 Å². The lowest BCUT2D eigenvalue weighted by Gasteiger charge is -2.32. The fraction of sp³-hybridized carbons (Fsp3) is 0.400. The zero-order valence-corrected chi connectivity index (χ0v) is 12.2. The van der Waals surface area contributed by atoms with Gasteiger partial charge < -0.3 is 9.72 Å². The van der Waals surface area contributed by atoms with Crippen LogP contribution < -0.4 is 0 Å². The second-order valence-corrected chi connectivity index (χ2v) is 5.51. The monoisotopic (exact) mass is 298 g/mol. The first kappa shape index (κ1) is 13.4. The second-order valence-electron chi connectivity index (χ2n) is 5.51. The van der Waals surface area contributed by atoms with Gasteiger partial charge in [0.15, 0.2) is 5.65 Å².